The second-order valence-electron chi connectivity index (χ2n) is 3.98. The standard InChI is InChI=1S/C11H11N5O4S/c1-6(8-2-3-10(20-8)16(18)19)14-15-9(17)4-7-5-21-11(12)13-7/h2-3,5H,4H2,1H3,(H2,12,13)(H,15,17). The first-order chi connectivity index (χ1) is 9.95. The van der Waals surface area contributed by atoms with Gasteiger partial charge in [0.2, 0.25) is 5.91 Å². The Balaban J connectivity index is 1.95. The quantitative estimate of drug-likeness (QED) is 0.485. The van der Waals surface area contributed by atoms with E-state index < -0.39 is 4.92 Å². The Morgan fingerprint density at radius 3 is 2.95 bits per heavy atom. The molecule has 2 heterocycles. The number of carbonyl (C=O) groups is 1. The molecule has 0 fully saturated rings. The fraction of sp³-hybridized carbons (Fsp3) is 0.182. The molecule has 0 aliphatic carbocycles. The van der Waals surface area contributed by atoms with Crippen LogP contribution in [0.3, 0.4) is 0 Å². The summed E-state index contributed by atoms with van der Waals surface area (Å²) in [7, 11) is 0. The summed E-state index contributed by atoms with van der Waals surface area (Å²) in [6, 6.07) is 2.62. The van der Waals surface area contributed by atoms with E-state index >= 15 is 0 Å². The van der Waals surface area contributed by atoms with Gasteiger partial charge in [-0.05, 0) is 13.0 Å². The van der Waals surface area contributed by atoms with Gasteiger partial charge in [0.25, 0.3) is 0 Å². The van der Waals surface area contributed by atoms with E-state index in [0.717, 1.165) is 0 Å². The van der Waals surface area contributed by atoms with E-state index in [-0.39, 0.29) is 24.0 Å². The van der Waals surface area contributed by atoms with Crippen molar-refractivity contribution < 1.29 is 14.1 Å². The highest BCUT2D eigenvalue weighted by Crippen LogP contribution is 2.16. The molecule has 3 N–H and O–H groups in total. The van der Waals surface area contributed by atoms with Crippen molar-refractivity contribution in [2.75, 3.05) is 5.73 Å². The predicted molar refractivity (Wildman–Crippen MR) is 75.9 cm³/mol. The van der Waals surface area contributed by atoms with Crippen molar-refractivity contribution in [2.24, 2.45) is 5.10 Å². The van der Waals surface area contributed by atoms with Gasteiger partial charge >= 0.3 is 5.88 Å². The number of nitrogens with two attached hydrogens (primary N) is 1. The van der Waals surface area contributed by atoms with Gasteiger partial charge < -0.3 is 10.2 Å². The van der Waals surface area contributed by atoms with Crippen molar-refractivity contribution in [2.45, 2.75) is 13.3 Å². The Labute approximate surface area is 122 Å². The van der Waals surface area contributed by atoms with Crippen LogP contribution in [0.2, 0.25) is 0 Å². The van der Waals surface area contributed by atoms with Crippen molar-refractivity contribution in [3.63, 3.8) is 0 Å². The molecule has 0 atom stereocenters. The Hall–Kier alpha value is -2.75. The Kier molecular flexibility index (Phi) is 4.28. The summed E-state index contributed by atoms with van der Waals surface area (Å²) in [5, 5.41) is 16.4. The van der Waals surface area contributed by atoms with E-state index in [0.29, 0.717) is 16.5 Å². The highest BCUT2D eigenvalue weighted by Gasteiger charge is 2.14. The third kappa shape index (κ3) is 3.86. The monoisotopic (exact) mass is 309 g/mol. The predicted octanol–water partition coefficient (Wildman–Crippen LogP) is 1.31. The van der Waals surface area contributed by atoms with Crippen LogP contribution < -0.4 is 11.2 Å². The van der Waals surface area contributed by atoms with Crippen LogP contribution in [0.15, 0.2) is 27.0 Å². The van der Waals surface area contributed by atoms with E-state index in [1.807, 2.05) is 0 Å². The molecule has 2 rings (SSSR count). The number of thiazole rings is 1. The number of hydrazone groups is 1. The maximum Gasteiger partial charge on any atom is 0.433 e. The topological polar surface area (TPSA) is 137 Å². The Bertz CT molecular complexity index is 705. The average molecular weight is 309 g/mol. The molecule has 0 aliphatic rings. The number of carbonyl (C=O) groups excluding carboxylic acids is 1. The molecular weight excluding hydrogens is 298 g/mol. The fourth-order valence-corrected chi connectivity index (χ4v) is 1.99. The zero-order valence-corrected chi connectivity index (χ0v) is 11.7. The van der Waals surface area contributed by atoms with E-state index in [9.17, 15) is 14.9 Å². The number of nitrogen functional groups attached to an aromatic ring is 1. The highest BCUT2D eigenvalue weighted by molar-refractivity contribution is 7.13. The van der Waals surface area contributed by atoms with E-state index in [1.165, 1.54) is 23.5 Å². The summed E-state index contributed by atoms with van der Waals surface area (Å²) < 4.78 is 4.95. The minimum Gasteiger partial charge on any atom is -0.399 e. The molecule has 2 aromatic rings. The molecule has 1 amide bonds. The number of furan rings is 1. The summed E-state index contributed by atoms with van der Waals surface area (Å²) in [5.41, 5.74) is 8.65. The summed E-state index contributed by atoms with van der Waals surface area (Å²) >= 11 is 1.25. The van der Waals surface area contributed by atoms with E-state index in [1.54, 1.807) is 12.3 Å². The number of nitrogens with zero attached hydrogens (tertiary/aromatic N) is 3. The number of amides is 1. The number of hydrogen-bond acceptors (Lipinski definition) is 8. The molecule has 2 aromatic heterocycles. The maximum atomic E-state index is 11.6. The fourth-order valence-electron chi connectivity index (χ4n) is 1.43. The first-order valence-electron chi connectivity index (χ1n) is 5.73. The molecule has 9 nitrogen and oxygen atoms in total. The van der Waals surface area contributed by atoms with Gasteiger partial charge in [0.15, 0.2) is 10.9 Å². The number of rotatable bonds is 5. The normalized spacial score (nSPS) is 11.4. The Morgan fingerprint density at radius 2 is 2.38 bits per heavy atom. The van der Waals surface area contributed by atoms with Gasteiger partial charge in [-0.1, -0.05) is 0 Å². The lowest BCUT2D eigenvalue weighted by Crippen LogP contribution is -2.21. The van der Waals surface area contributed by atoms with Crippen LogP contribution in [-0.4, -0.2) is 21.5 Å². The number of hydrogen-bond donors (Lipinski definition) is 2. The third-order valence-corrected chi connectivity index (χ3v) is 3.11. The van der Waals surface area contributed by atoms with Crippen molar-refractivity contribution in [1.29, 1.82) is 0 Å². The van der Waals surface area contributed by atoms with Crippen LogP contribution in [0, 0.1) is 10.1 Å². The number of nitrogens with one attached hydrogen (secondary N) is 1. The molecule has 0 radical (unpaired) electrons. The van der Waals surface area contributed by atoms with Gasteiger partial charge in [-0.25, -0.2) is 10.4 Å². The molecule has 0 aromatic carbocycles. The summed E-state index contributed by atoms with van der Waals surface area (Å²) in [5.74, 6) is -0.551. The van der Waals surface area contributed by atoms with Crippen molar-refractivity contribution in [1.82, 2.24) is 10.4 Å². The molecule has 10 heteroatoms. The Morgan fingerprint density at radius 1 is 1.62 bits per heavy atom. The SMILES string of the molecule is CC(=NNC(=O)Cc1csc(N)n1)c1ccc([N+](=O)[O-])o1. The zero-order valence-electron chi connectivity index (χ0n) is 10.9. The zero-order chi connectivity index (χ0) is 15.4. The van der Waals surface area contributed by atoms with Crippen molar-refractivity contribution in [3.8, 4) is 0 Å². The summed E-state index contributed by atoms with van der Waals surface area (Å²) in [6.45, 7) is 1.56. The number of aromatic nitrogens is 1. The lowest BCUT2D eigenvalue weighted by atomic mass is 10.3. The van der Waals surface area contributed by atoms with Crippen LogP contribution in [0.25, 0.3) is 0 Å². The van der Waals surface area contributed by atoms with Gasteiger partial charge in [-0.15, -0.1) is 11.3 Å². The second-order valence-corrected chi connectivity index (χ2v) is 4.87. The van der Waals surface area contributed by atoms with Crippen molar-refractivity contribution in [3.05, 3.63) is 39.1 Å². The smallest absolute Gasteiger partial charge is 0.399 e. The molecule has 110 valence electrons. The number of anilines is 1. The van der Waals surface area contributed by atoms with E-state index in [4.69, 9.17) is 10.2 Å². The molecule has 0 bridgehead atoms. The average Bonchev–Trinajstić information content (AvgIpc) is 3.05. The molecule has 21 heavy (non-hydrogen) atoms. The first-order valence-corrected chi connectivity index (χ1v) is 6.61. The second kappa shape index (κ2) is 6.13. The maximum absolute atomic E-state index is 11.6. The highest BCUT2D eigenvalue weighted by atomic mass is 32.1. The molecule has 0 aliphatic heterocycles. The minimum atomic E-state index is -0.651. The lowest BCUT2D eigenvalue weighted by molar-refractivity contribution is -0.402. The van der Waals surface area contributed by atoms with Crippen LogP contribution in [0.5, 0.6) is 0 Å². The lowest BCUT2D eigenvalue weighted by Gasteiger charge is -1.99. The third-order valence-electron chi connectivity index (χ3n) is 2.39. The van der Waals surface area contributed by atoms with Crippen molar-refractivity contribution >= 4 is 34.0 Å². The van der Waals surface area contributed by atoms with Gasteiger partial charge in [0.1, 0.15) is 10.6 Å². The molecule has 0 saturated heterocycles. The minimum absolute atomic E-state index is 0.0444. The largest absolute Gasteiger partial charge is 0.433 e. The number of nitro groups is 1. The van der Waals surface area contributed by atoms with Crippen LogP contribution in [-0.2, 0) is 11.2 Å². The molecular formula is C11H11N5O4S. The van der Waals surface area contributed by atoms with Gasteiger partial charge in [-0.2, -0.15) is 5.10 Å². The van der Waals surface area contributed by atoms with Crippen LogP contribution in [0.1, 0.15) is 18.4 Å². The molecule has 0 unspecified atom stereocenters. The van der Waals surface area contributed by atoms with E-state index in [2.05, 4.69) is 15.5 Å². The van der Waals surface area contributed by atoms with Crippen LogP contribution in [0.4, 0.5) is 11.0 Å². The van der Waals surface area contributed by atoms with Gasteiger partial charge in [0.05, 0.1) is 18.2 Å². The first kappa shape index (κ1) is 14.7. The van der Waals surface area contributed by atoms with Gasteiger partial charge in [0, 0.05) is 5.38 Å². The summed E-state index contributed by atoms with van der Waals surface area (Å²) in [4.78, 5) is 25.4. The van der Waals surface area contributed by atoms with Crippen LogP contribution >= 0.6 is 11.3 Å². The molecule has 0 spiro atoms. The van der Waals surface area contributed by atoms with Gasteiger partial charge in [-0.3, -0.25) is 14.9 Å². The molecule has 0 saturated carbocycles. The summed E-state index contributed by atoms with van der Waals surface area (Å²) in [6.07, 6.45) is 0.0444.